The lowest BCUT2D eigenvalue weighted by Crippen LogP contribution is -2.30. The van der Waals surface area contributed by atoms with Crippen LogP contribution in [0.1, 0.15) is 30.3 Å². The standard InChI is InChI=1S/C19H23FN4O/c1-3-15-11-21-13(2)22-19(15)23-17-10-18(25)24(12-17)9-8-14-4-6-16(20)7-5-14/h4-7,11,17H,3,8-10,12H2,1-2H3,(H,21,22,23)/t17-/m1/s1. The molecule has 0 radical (unpaired) electrons. The van der Waals surface area contributed by atoms with Gasteiger partial charge >= 0.3 is 0 Å². The molecular formula is C19H23FN4O. The maximum atomic E-state index is 13.0. The minimum Gasteiger partial charge on any atom is -0.365 e. The lowest BCUT2D eigenvalue weighted by atomic mass is 10.1. The molecule has 1 aromatic carbocycles. The van der Waals surface area contributed by atoms with Crippen LogP contribution in [-0.4, -0.2) is 39.9 Å². The monoisotopic (exact) mass is 342 g/mol. The van der Waals surface area contributed by atoms with Crippen LogP contribution in [0.3, 0.4) is 0 Å². The Morgan fingerprint density at radius 3 is 2.80 bits per heavy atom. The van der Waals surface area contributed by atoms with Crippen molar-refractivity contribution < 1.29 is 9.18 Å². The van der Waals surface area contributed by atoms with E-state index in [0.29, 0.717) is 19.5 Å². The van der Waals surface area contributed by atoms with E-state index in [1.54, 1.807) is 12.1 Å². The van der Waals surface area contributed by atoms with E-state index >= 15 is 0 Å². The molecule has 25 heavy (non-hydrogen) atoms. The van der Waals surface area contributed by atoms with Gasteiger partial charge in [0.2, 0.25) is 5.91 Å². The third kappa shape index (κ3) is 4.32. The van der Waals surface area contributed by atoms with Gasteiger partial charge in [-0.25, -0.2) is 14.4 Å². The Labute approximate surface area is 147 Å². The number of amides is 1. The molecular weight excluding hydrogens is 319 g/mol. The van der Waals surface area contributed by atoms with Gasteiger partial charge in [0, 0.05) is 31.3 Å². The van der Waals surface area contributed by atoms with E-state index in [0.717, 1.165) is 35.6 Å². The predicted octanol–water partition coefficient (Wildman–Crippen LogP) is 2.74. The molecule has 1 fully saturated rings. The smallest absolute Gasteiger partial charge is 0.224 e. The Morgan fingerprint density at radius 1 is 1.32 bits per heavy atom. The van der Waals surface area contributed by atoms with E-state index in [4.69, 9.17) is 0 Å². The topological polar surface area (TPSA) is 58.1 Å². The number of carbonyl (C=O) groups excluding carboxylic acids is 1. The van der Waals surface area contributed by atoms with Crippen molar-refractivity contribution in [3.63, 3.8) is 0 Å². The maximum Gasteiger partial charge on any atom is 0.224 e. The molecule has 1 aromatic heterocycles. The molecule has 1 saturated heterocycles. The Bertz CT molecular complexity index is 748. The summed E-state index contributed by atoms with van der Waals surface area (Å²) in [5.41, 5.74) is 2.09. The Morgan fingerprint density at radius 2 is 2.08 bits per heavy atom. The van der Waals surface area contributed by atoms with Crippen LogP contribution in [-0.2, 0) is 17.6 Å². The summed E-state index contributed by atoms with van der Waals surface area (Å²) < 4.78 is 13.0. The second-order valence-corrected chi connectivity index (χ2v) is 6.41. The third-order valence-corrected chi connectivity index (χ3v) is 4.50. The van der Waals surface area contributed by atoms with Crippen LogP contribution >= 0.6 is 0 Å². The van der Waals surface area contributed by atoms with Gasteiger partial charge < -0.3 is 10.2 Å². The minimum atomic E-state index is -0.239. The fourth-order valence-electron chi connectivity index (χ4n) is 3.07. The number of carbonyl (C=O) groups is 1. The van der Waals surface area contributed by atoms with E-state index in [1.165, 1.54) is 12.1 Å². The van der Waals surface area contributed by atoms with Gasteiger partial charge in [0.25, 0.3) is 0 Å². The number of hydrogen-bond acceptors (Lipinski definition) is 4. The molecule has 5 nitrogen and oxygen atoms in total. The highest BCUT2D eigenvalue weighted by Crippen LogP contribution is 2.19. The van der Waals surface area contributed by atoms with Crippen molar-refractivity contribution in [3.8, 4) is 0 Å². The number of rotatable bonds is 6. The molecule has 0 unspecified atom stereocenters. The fourth-order valence-corrected chi connectivity index (χ4v) is 3.07. The summed E-state index contributed by atoms with van der Waals surface area (Å²) in [5, 5.41) is 3.40. The van der Waals surface area contributed by atoms with E-state index < -0.39 is 0 Å². The van der Waals surface area contributed by atoms with Gasteiger partial charge in [-0.2, -0.15) is 0 Å². The van der Waals surface area contributed by atoms with Gasteiger partial charge in [0.15, 0.2) is 0 Å². The van der Waals surface area contributed by atoms with Gasteiger partial charge in [-0.05, 0) is 37.5 Å². The first-order valence-electron chi connectivity index (χ1n) is 8.66. The summed E-state index contributed by atoms with van der Waals surface area (Å²) in [5.74, 6) is 1.45. The van der Waals surface area contributed by atoms with Gasteiger partial charge in [0.1, 0.15) is 17.5 Å². The van der Waals surface area contributed by atoms with E-state index in [2.05, 4.69) is 22.2 Å². The average molecular weight is 342 g/mol. The van der Waals surface area contributed by atoms with Crippen LogP contribution in [0.4, 0.5) is 10.2 Å². The Kier molecular flexibility index (Phi) is 5.26. The average Bonchev–Trinajstić information content (AvgIpc) is 2.94. The van der Waals surface area contributed by atoms with Crippen molar-refractivity contribution in [1.82, 2.24) is 14.9 Å². The first-order valence-corrected chi connectivity index (χ1v) is 8.66. The first kappa shape index (κ1) is 17.3. The van der Waals surface area contributed by atoms with Crippen molar-refractivity contribution in [1.29, 1.82) is 0 Å². The normalized spacial score (nSPS) is 17.2. The zero-order chi connectivity index (χ0) is 17.8. The molecule has 132 valence electrons. The number of aryl methyl sites for hydroxylation is 2. The van der Waals surface area contributed by atoms with E-state index in [1.807, 2.05) is 18.0 Å². The van der Waals surface area contributed by atoms with Gasteiger partial charge in [-0.3, -0.25) is 4.79 Å². The Hall–Kier alpha value is -2.50. The Balaban J connectivity index is 1.59. The number of likely N-dealkylation sites (tertiary alicyclic amines) is 1. The summed E-state index contributed by atoms with van der Waals surface area (Å²) in [6, 6.07) is 6.50. The second-order valence-electron chi connectivity index (χ2n) is 6.41. The summed E-state index contributed by atoms with van der Waals surface area (Å²) in [4.78, 5) is 22.8. The molecule has 1 N–H and O–H groups in total. The van der Waals surface area contributed by atoms with Gasteiger partial charge in [-0.15, -0.1) is 0 Å². The van der Waals surface area contributed by atoms with E-state index in [9.17, 15) is 9.18 Å². The summed E-state index contributed by atoms with van der Waals surface area (Å²) in [6.07, 6.45) is 3.88. The highest BCUT2D eigenvalue weighted by molar-refractivity contribution is 5.80. The lowest BCUT2D eigenvalue weighted by molar-refractivity contribution is -0.127. The molecule has 6 heteroatoms. The molecule has 0 aliphatic carbocycles. The number of nitrogens with one attached hydrogen (secondary N) is 1. The van der Waals surface area contributed by atoms with Crippen molar-refractivity contribution in [2.24, 2.45) is 0 Å². The molecule has 0 spiro atoms. The van der Waals surface area contributed by atoms with Crippen molar-refractivity contribution in [2.45, 2.75) is 39.2 Å². The lowest BCUT2D eigenvalue weighted by Gasteiger charge is -2.18. The highest BCUT2D eigenvalue weighted by atomic mass is 19.1. The molecule has 2 heterocycles. The zero-order valence-corrected chi connectivity index (χ0v) is 14.6. The predicted molar refractivity (Wildman–Crippen MR) is 94.9 cm³/mol. The van der Waals surface area contributed by atoms with Gasteiger partial charge in [0.05, 0.1) is 6.04 Å². The van der Waals surface area contributed by atoms with Crippen LogP contribution in [0.25, 0.3) is 0 Å². The molecule has 1 aliphatic rings. The number of halogens is 1. The third-order valence-electron chi connectivity index (χ3n) is 4.50. The molecule has 1 aliphatic heterocycles. The first-order chi connectivity index (χ1) is 12.0. The van der Waals surface area contributed by atoms with Crippen LogP contribution in [0.15, 0.2) is 30.5 Å². The minimum absolute atomic E-state index is 0.0558. The maximum absolute atomic E-state index is 13.0. The fraction of sp³-hybridized carbons (Fsp3) is 0.421. The second kappa shape index (κ2) is 7.59. The van der Waals surface area contributed by atoms with Crippen LogP contribution in [0.5, 0.6) is 0 Å². The SMILES string of the molecule is CCc1cnc(C)nc1N[C@@H]1CC(=O)N(CCc2ccc(F)cc2)C1. The number of anilines is 1. The summed E-state index contributed by atoms with van der Waals surface area (Å²) in [7, 11) is 0. The molecule has 0 bridgehead atoms. The van der Waals surface area contributed by atoms with Gasteiger partial charge in [-0.1, -0.05) is 19.1 Å². The van der Waals surface area contributed by atoms with Crippen molar-refractivity contribution in [2.75, 3.05) is 18.4 Å². The van der Waals surface area contributed by atoms with Crippen LogP contribution in [0.2, 0.25) is 0 Å². The van der Waals surface area contributed by atoms with Crippen LogP contribution < -0.4 is 5.32 Å². The number of aromatic nitrogens is 2. The molecule has 1 amide bonds. The van der Waals surface area contributed by atoms with Crippen molar-refractivity contribution in [3.05, 3.63) is 53.2 Å². The highest BCUT2D eigenvalue weighted by Gasteiger charge is 2.29. The molecule has 3 rings (SSSR count). The number of benzene rings is 1. The number of hydrogen-bond donors (Lipinski definition) is 1. The quantitative estimate of drug-likeness (QED) is 0.877. The zero-order valence-electron chi connectivity index (χ0n) is 14.6. The summed E-state index contributed by atoms with van der Waals surface area (Å²) >= 11 is 0. The molecule has 0 saturated carbocycles. The molecule has 1 atom stereocenters. The summed E-state index contributed by atoms with van der Waals surface area (Å²) in [6.45, 7) is 5.23. The van der Waals surface area contributed by atoms with Crippen LogP contribution in [0, 0.1) is 12.7 Å². The van der Waals surface area contributed by atoms with Crippen molar-refractivity contribution >= 4 is 11.7 Å². The van der Waals surface area contributed by atoms with E-state index in [-0.39, 0.29) is 17.8 Å². The molecule has 2 aromatic rings. The number of nitrogens with zero attached hydrogens (tertiary/aromatic N) is 3. The largest absolute Gasteiger partial charge is 0.365 e.